The Hall–Kier alpha value is -2.55. The molecule has 2 N–H and O–H groups in total. The molecule has 1 amide bonds. The minimum Gasteiger partial charge on any atom is -0.456 e. The van der Waals surface area contributed by atoms with Crippen LogP contribution < -0.4 is 15.2 Å². The summed E-state index contributed by atoms with van der Waals surface area (Å²) in [7, 11) is 1.34. The molecule has 200 valence electrons. The van der Waals surface area contributed by atoms with Crippen LogP contribution in [0.5, 0.6) is 5.75 Å². The molecule has 0 aliphatic carbocycles. The summed E-state index contributed by atoms with van der Waals surface area (Å²) in [5.41, 5.74) is 3.28. The molecule has 0 spiro atoms. The molecular weight excluding hydrogens is 587 g/mol. The summed E-state index contributed by atoms with van der Waals surface area (Å²) in [6.07, 6.45) is 5.89. The molecule has 0 radical (unpaired) electrons. The van der Waals surface area contributed by atoms with Crippen LogP contribution in [0.1, 0.15) is 19.8 Å². The number of hydrogen-bond donors (Lipinski definition) is 2. The summed E-state index contributed by atoms with van der Waals surface area (Å²) < 4.78 is 11.1. The number of nitrogens with one attached hydrogen (secondary N) is 2. The fraction of sp³-hybridized carbons (Fsp3) is 0.296. The Labute approximate surface area is 237 Å². The van der Waals surface area contributed by atoms with E-state index in [1.54, 1.807) is 10.7 Å². The zero-order valence-electron chi connectivity index (χ0n) is 21.6. The molecule has 1 aliphatic heterocycles. The van der Waals surface area contributed by atoms with Crippen molar-refractivity contribution in [3.63, 3.8) is 0 Å². The lowest BCUT2D eigenvalue weighted by molar-refractivity contribution is -0.114. The summed E-state index contributed by atoms with van der Waals surface area (Å²) in [4.78, 5) is 15.8. The van der Waals surface area contributed by atoms with E-state index < -0.39 is 8.30 Å². The van der Waals surface area contributed by atoms with E-state index in [0.717, 1.165) is 58.7 Å². The first-order valence-electron chi connectivity index (χ1n) is 12.3. The molecule has 2 aromatic heterocycles. The number of carbonyl (C=O) groups excluding carboxylic acids is 1. The first-order chi connectivity index (χ1) is 18.4. The molecule has 1 aliphatic rings. The largest absolute Gasteiger partial charge is 0.456 e. The van der Waals surface area contributed by atoms with Crippen molar-refractivity contribution < 1.29 is 9.32 Å². The molecule has 8 nitrogen and oxygen atoms in total. The Morgan fingerprint density at radius 1 is 1.13 bits per heavy atom. The van der Waals surface area contributed by atoms with E-state index >= 15 is 0 Å². The lowest BCUT2D eigenvalue weighted by Crippen LogP contribution is -2.39. The van der Waals surface area contributed by atoms with Crippen molar-refractivity contribution in [3.05, 3.63) is 76.5 Å². The molecule has 1 saturated heterocycles. The number of benzene rings is 2. The van der Waals surface area contributed by atoms with Gasteiger partial charge in [-0.05, 0) is 60.1 Å². The van der Waals surface area contributed by atoms with Gasteiger partial charge in [0.05, 0.1) is 22.1 Å². The number of aromatic nitrogens is 3. The number of carbonyl (C=O) groups is 1. The molecule has 0 bridgehead atoms. The first kappa shape index (κ1) is 28.5. The smallest absolute Gasteiger partial charge is 0.221 e. The second-order valence-corrected chi connectivity index (χ2v) is 11.7. The molecule has 1 atom stereocenters. The third kappa shape index (κ3) is 7.30. The summed E-state index contributed by atoms with van der Waals surface area (Å²) >= 11 is 9.56. The van der Waals surface area contributed by atoms with Crippen LogP contribution in [0.2, 0.25) is 5.02 Å². The molecule has 11 heteroatoms. The quantitative estimate of drug-likeness (QED) is 0.242. The second-order valence-electron chi connectivity index (χ2n) is 8.80. The van der Waals surface area contributed by atoms with E-state index in [1.165, 1.54) is 6.92 Å². The van der Waals surface area contributed by atoms with Crippen molar-refractivity contribution in [2.75, 3.05) is 32.1 Å². The van der Waals surface area contributed by atoms with Gasteiger partial charge in [0.2, 0.25) is 5.91 Å². The van der Waals surface area contributed by atoms with Crippen molar-refractivity contribution in [2.45, 2.75) is 25.8 Å². The van der Waals surface area contributed by atoms with E-state index in [9.17, 15) is 4.79 Å². The van der Waals surface area contributed by atoms with Gasteiger partial charge < -0.3 is 15.2 Å². The van der Waals surface area contributed by atoms with Crippen LogP contribution in [0.25, 0.3) is 16.9 Å². The van der Waals surface area contributed by atoms with Crippen LogP contribution in [0, 0.1) is 0 Å². The highest BCUT2D eigenvalue weighted by molar-refractivity contribution is 9.10. The van der Waals surface area contributed by atoms with Crippen molar-refractivity contribution in [3.8, 4) is 17.0 Å². The number of para-hydroxylation sites is 2. The second kappa shape index (κ2) is 13.5. The summed E-state index contributed by atoms with van der Waals surface area (Å²) in [6.45, 7) is 5.74. The van der Waals surface area contributed by atoms with Gasteiger partial charge in [0.1, 0.15) is 5.75 Å². The van der Waals surface area contributed by atoms with Crippen molar-refractivity contribution >= 4 is 53.1 Å². The highest BCUT2D eigenvalue weighted by Crippen LogP contribution is 2.42. The third-order valence-electron chi connectivity index (χ3n) is 6.18. The molecule has 1 unspecified atom stereocenters. The fourth-order valence-corrected chi connectivity index (χ4v) is 6.08. The van der Waals surface area contributed by atoms with Crippen molar-refractivity contribution in [1.82, 2.24) is 24.6 Å². The predicted molar refractivity (Wildman–Crippen MR) is 159 cm³/mol. The SMILES string of the molecule is CNC1CCN(P(C)Oc2ccccc2NC(C)=O)CC1.Clc1ccccc1-c1ccn2ncc(Br)c2n1. The molecule has 0 saturated carbocycles. The average molecular weight is 618 g/mol. The van der Waals surface area contributed by atoms with Gasteiger partial charge in [-0.1, -0.05) is 41.9 Å². The highest BCUT2D eigenvalue weighted by Gasteiger charge is 2.24. The maximum Gasteiger partial charge on any atom is 0.221 e. The Bertz CT molecular complexity index is 1380. The van der Waals surface area contributed by atoms with Crippen LogP contribution in [-0.4, -0.2) is 58.0 Å². The number of fused-ring (bicyclic) bond motifs is 1. The van der Waals surface area contributed by atoms with Crippen LogP contribution >= 0.6 is 35.8 Å². The standard InChI is InChI=1S/C15H24N3O2P.C12H7BrClN3/c1-12(19)17-14-6-4-5-7-15(14)20-21(3)18-10-8-13(16-2)9-11-18;13-9-7-15-17-6-5-11(16-12(9)17)8-3-1-2-4-10(8)14/h4-7,13,16H,8-11H2,1-3H3,(H,17,19);1-7H. The van der Waals surface area contributed by atoms with E-state index in [4.69, 9.17) is 16.1 Å². The predicted octanol–water partition coefficient (Wildman–Crippen LogP) is 6.46. The van der Waals surface area contributed by atoms with Crippen LogP contribution in [0.4, 0.5) is 5.69 Å². The fourth-order valence-electron chi connectivity index (χ4n) is 4.14. The van der Waals surface area contributed by atoms with Gasteiger partial charge in [-0.2, -0.15) is 5.10 Å². The average Bonchev–Trinajstić information content (AvgIpc) is 3.30. The van der Waals surface area contributed by atoms with Gasteiger partial charge in [0.25, 0.3) is 0 Å². The Morgan fingerprint density at radius 3 is 2.55 bits per heavy atom. The van der Waals surface area contributed by atoms with Crippen molar-refractivity contribution in [2.24, 2.45) is 0 Å². The van der Waals surface area contributed by atoms with E-state index in [-0.39, 0.29) is 5.91 Å². The Morgan fingerprint density at radius 2 is 1.84 bits per heavy atom. The molecule has 4 aromatic rings. The number of anilines is 1. The summed E-state index contributed by atoms with van der Waals surface area (Å²) in [6, 6.07) is 17.8. The van der Waals surface area contributed by atoms with Crippen molar-refractivity contribution in [1.29, 1.82) is 0 Å². The molecule has 2 aromatic carbocycles. The van der Waals surface area contributed by atoms with Gasteiger partial charge in [-0.3, -0.25) is 9.46 Å². The maximum absolute atomic E-state index is 11.2. The summed E-state index contributed by atoms with van der Waals surface area (Å²) in [5, 5.41) is 11.0. The Balaban J connectivity index is 0.000000180. The summed E-state index contributed by atoms with van der Waals surface area (Å²) in [5.74, 6) is 0.665. The maximum atomic E-state index is 11.2. The minimum absolute atomic E-state index is 0.0821. The molecule has 3 heterocycles. The lowest BCUT2D eigenvalue weighted by Gasteiger charge is -2.35. The Kier molecular flexibility index (Phi) is 10.1. The molecule has 38 heavy (non-hydrogen) atoms. The third-order valence-corrected chi connectivity index (χ3v) is 8.73. The van der Waals surface area contributed by atoms with E-state index in [2.05, 4.69) is 48.0 Å². The normalized spacial score (nSPS) is 15.0. The molecule has 5 rings (SSSR count). The molecule has 1 fully saturated rings. The topological polar surface area (TPSA) is 83.8 Å². The number of rotatable bonds is 6. The number of amides is 1. The lowest BCUT2D eigenvalue weighted by atomic mass is 10.1. The van der Waals surface area contributed by atoms with Gasteiger partial charge in [0, 0.05) is 49.5 Å². The zero-order valence-corrected chi connectivity index (χ0v) is 24.8. The minimum atomic E-state index is -0.686. The van der Waals surface area contributed by atoms with Crippen LogP contribution in [-0.2, 0) is 4.79 Å². The van der Waals surface area contributed by atoms with Crippen LogP contribution in [0.3, 0.4) is 0 Å². The van der Waals surface area contributed by atoms with Gasteiger partial charge in [-0.15, -0.1) is 0 Å². The van der Waals surface area contributed by atoms with E-state index in [0.29, 0.717) is 11.1 Å². The number of piperidine rings is 1. The number of hydrogen-bond acceptors (Lipinski definition) is 6. The number of nitrogens with zero attached hydrogens (tertiary/aromatic N) is 4. The monoisotopic (exact) mass is 616 g/mol. The van der Waals surface area contributed by atoms with Gasteiger partial charge in [-0.25, -0.2) is 9.50 Å². The van der Waals surface area contributed by atoms with Gasteiger partial charge >= 0.3 is 0 Å². The zero-order chi connectivity index (χ0) is 27.1. The molecular formula is C27H31BrClN6O2P. The van der Waals surface area contributed by atoms with E-state index in [1.807, 2.05) is 67.8 Å². The highest BCUT2D eigenvalue weighted by atomic mass is 79.9. The number of halogens is 2. The van der Waals surface area contributed by atoms with Crippen LogP contribution in [0.15, 0.2) is 71.5 Å². The van der Waals surface area contributed by atoms with Gasteiger partial charge in [0.15, 0.2) is 13.9 Å². The first-order valence-corrected chi connectivity index (χ1v) is 15.1.